The van der Waals surface area contributed by atoms with E-state index in [9.17, 15) is 0 Å². The van der Waals surface area contributed by atoms with Crippen molar-refractivity contribution < 1.29 is 0 Å². The summed E-state index contributed by atoms with van der Waals surface area (Å²) < 4.78 is 0.752. The summed E-state index contributed by atoms with van der Waals surface area (Å²) in [4.78, 5) is 2.67. The lowest BCUT2D eigenvalue weighted by Gasteiger charge is -2.00. The summed E-state index contributed by atoms with van der Waals surface area (Å²) in [6, 6.07) is 3.44. The van der Waals surface area contributed by atoms with E-state index in [-0.39, 0.29) is 0 Å². The van der Waals surface area contributed by atoms with E-state index >= 15 is 0 Å². The molecule has 1 aromatic carbocycles. The summed E-state index contributed by atoms with van der Waals surface area (Å²) in [5.41, 5.74) is 9.65. The van der Waals surface area contributed by atoms with Gasteiger partial charge in [0.15, 0.2) is 0 Å². The molecule has 3 nitrogen and oxygen atoms in total. The average molecular weight is 246 g/mol. The molecule has 0 radical (unpaired) electrons. The normalized spacial score (nSPS) is 9.25. The predicted octanol–water partition coefficient (Wildman–Crippen LogP) is 4.35. The van der Waals surface area contributed by atoms with E-state index in [4.69, 9.17) is 17.1 Å². The van der Waals surface area contributed by atoms with E-state index in [0.717, 1.165) is 10.0 Å². The van der Waals surface area contributed by atoms with E-state index in [0.29, 0.717) is 10.7 Å². The van der Waals surface area contributed by atoms with Crippen LogP contribution >= 0.6 is 27.5 Å². The molecule has 0 atom stereocenters. The lowest BCUT2D eigenvalue weighted by molar-refractivity contribution is 1.39. The zero-order valence-corrected chi connectivity index (χ0v) is 8.59. The van der Waals surface area contributed by atoms with Gasteiger partial charge in [-0.15, -0.1) is 0 Å². The first-order valence-corrected chi connectivity index (χ1v) is 4.33. The van der Waals surface area contributed by atoms with E-state index in [1.165, 1.54) is 0 Å². The number of hydrogen-bond donors (Lipinski definition) is 0. The summed E-state index contributed by atoms with van der Waals surface area (Å²) in [6.45, 7) is 1.88. The number of hydrogen-bond acceptors (Lipinski definition) is 1. The van der Waals surface area contributed by atoms with Crippen molar-refractivity contribution in [3.8, 4) is 0 Å². The Labute approximate surface area is 83.1 Å². The second-order valence-corrected chi connectivity index (χ2v) is 3.50. The third-order valence-electron chi connectivity index (χ3n) is 1.38. The molecule has 1 aromatic rings. The molecule has 0 saturated heterocycles. The largest absolute Gasteiger partial charge is 0.0840 e. The second kappa shape index (κ2) is 3.81. The maximum atomic E-state index is 8.20. The van der Waals surface area contributed by atoms with Crippen molar-refractivity contribution in [1.29, 1.82) is 0 Å². The van der Waals surface area contributed by atoms with Crippen molar-refractivity contribution in [2.24, 2.45) is 5.11 Å². The predicted molar refractivity (Wildman–Crippen MR) is 52.7 cm³/mol. The van der Waals surface area contributed by atoms with Crippen molar-refractivity contribution in [1.82, 2.24) is 0 Å². The van der Waals surface area contributed by atoms with Crippen molar-refractivity contribution in [3.05, 3.63) is 37.6 Å². The van der Waals surface area contributed by atoms with Crippen LogP contribution in [0.3, 0.4) is 0 Å². The topological polar surface area (TPSA) is 48.8 Å². The van der Waals surface area contributed by atoms with Gasteiger partial charge < -0.3 is 0 Å². The highest BCUT2D eigenvalue weighted by Crippen LogP contribution is 2.31. The van der Waals surface area contributed by atoms with Gasteiger partial charge in [-0.1, -0.05) is 32.6 Å². The van der Waals surface area contributed by atoms with Crippen LogP contribution in [-0.2, 0) is 0 Å². The molecule has 0 aliphatic carbocycles. The SMILES string of the molecule is Cc1cc(Br)c(N=[N+]=[N-])cc1Cl. The Balaban J connectivity index is 3.32. The minimum absolute atomic E-state index is 0.508. The Morgan fingerprint density at radius 1 is 1.58 bits per heavy atom. The van der Waals surface area contributed by atoms with Crippen molar-refractivity contribution >= 4 is 33.2 Å². The van der Waals surface area contributed by atoms with E-state index in [1.54, 1.807) is 6.07 Å². The summed E-state index contributed by atoms with van der Waals surface area (Å²) in [7, 11) is 0. The highest BCUT2D eigenvalue weighted by atomic mass is 79.9. The van der Waals surface area contributed by atoms with Crippen LogP contribution in [0, 0.1) is 6.92 Å². The van der Waals surface area contributed by atoms with E-state index in [1.807, 2.05) is 13.0 Å². The standard InChI is InChI=1S/C7H5BrClN3/c1-4-2-5(8)7(11-12-10)3-6(4)9/h2-3H,1H3. The molecular formula is C7H5BrClN3. The maximum Gasteiger partial charge on any atom is 0.0532 e. The van der Waals surface area contributed by atoms with E-state index < -0.39 is 0 Å². The van der Waals surface area contributed by atoms with Gasteiger partial charge in [0.05, 0.1) is 5.69 Å². The van der Waals surface area contributed by atoms with Crippen LogP contribution in [0.2, 0.25) is 5.02 Å². The molecule has 0 aliphatic rings. The first-order valence-electron chi connectivity index (χ1n) is 3.16. The molecular weight excluding hydrogens is 241 g/mol. The van der Waals surface area contributed by atoms with Gasteiger partial charge in [-0.25, -0.2) is 0 Å². The number of nitrogens with zero attached hydrogens (tertiary/aromatic N) is 3. The maximum absolute atomic E-state index is 8.20. The molecule has 0 bridgehead atoms. The Morgan fingerprint density at radius 2 is 2.25 bits per heavy atom. The van der Waals surface area contributed by atoms with Gasteiger partial charge in [-0.3, -0.25) is 0 Å². The first kappa shape index (κ1) is 9.39. The molecule has 0 N–H and O–H groups in total. The molecule has 0 amide bonds. The van der Waals surface area contributed by atoms with Crippen LogP contribution in [0.15, 0.2) is 21.7 Å². The Hall–Kier alpha value is -0.700. The fourth-order valence-electron chi connectivity index (χ4n) is 0.761. The molecule has 0 unspecified atom stereocenters. The number of azide groups is 1. The number of aryl methyl sites for hydroxylation is 1. The summed E-state index contributed by atoms with van der Waals surface area (Å²) in [5.74, 6) is 0. The lowest BCUT2D eigenvalue weighted by atomic mass is 10.2. The van der Waals surface area contributed by atoms with Crippen molar-refractivity contribution in [3.63, 3.8) is 0 Å². The van der Waals surface area contributed by atoms with Gasteiger partial charge in [0.25, 0.3) is 0 Å². The minimum Gasteiger partial charge on any atom is -0.0840 e. The highest BCUT2D eigenvalue weighted by Gasteiger charge is 2.01. The van der Waals surface area contributed by atoms with Crippen molar-refractivity contribution in [2.75, 3.05) is 0 Å². The highest BCUT2D eigenvalue weighted by molar-refractivity contribution is 9.10. The molecule has 0 spiro atoms. The minimum atomic E-state index is 0.508. The smallest absolute Gasteiger partial charge is 0.0532 e. The molecule has 0 aliphatic heterocycles. The fourth-order valence-corrected chi connectivity index (χ4v) is 1.46. The lowest BCUT2D eigenvalue weighted by Crippen LogP contribution is -1.75. The second-order valence-electron chi connectivity index (χ2n) is 2.24. The summed E-state index contributed by atoms with van der Waals surface area (Å²) >= 11 is 9.08. The van der Waals surface area contributed by atoms with Gasteiger partial charge in [-0.05, 0) is 30.2 Å². The van der Waals surface area contributed by atoms with Crippen LogP contribution in [0.4, 0.5) is 5.69 Å². The Bertz CT molecular complexity index is 358. The third kappa shape index (κ3) is 1.91. The summed E-state index contributed by atoms with van der Waals surface area (Å²) in [5, 5.41) is 4.06. The van der Waals surface area contributed by atoms with Crippen LogP contribution in [-0.4, -0.2) is 0 Å². The number of rotatable bonds is 1. The first-order chi connectivity index (χ1) is 5.65. The zero-order chi connectivity index (χ0) is 9.14. The zero-order valence-electron chi connectivity index (χ0n) is 6.25. The monoisotopic (exact) mass is 245 g/mol. The quantitative estimate of drug-likeness (QED) is 0.402. The van der Waals surface area contributed by atoms with Crippen LogP contribution in [0.25, 0.3) is 10.4 Å². The molecule has 0 aromatic heterocycles. The molecule has 5 heteroatoms. The van der Waals surface area contributed by atoms with E-state index in [2.05, 4.69) is 26.0 Å². The molecule has 0 saturated carbocycles. The summed E-state index contributed by atoms with van der Waals surface area (Å²) in [6.07, 6.45) is 0. The van der Waals surface area contributed by atoms with Gasteiger partial charge >= 0.3 is 0 Å². The van der Waals surface area contributed by atoms with Gasteiger partial charge in [0.2, 0.25) is 0 Å². The van der Waals surface area contributed by atoms with Gasteiger partial charge in [-0.2, -0.15) is 0 Å². The average Bonchev–Trinajstić information content (AvgIpc) is 2.01. The molecule has 62 valence electrons. The molecule has 0 fully saturated rings. The van der Waals surface area contributed by atoms with Crippen LogP contribution < -0.4 is 0 Å². The molecule has 12 heavy (non-hydrogen) atoms. The third-order valence-corrected chi connectivity index (χ3v) is 2.42. The number of benzene rings is 1. The van der Waals surface area contributed by atoms with Gasteiger partial charge in [0, 0.05) is 14.4 Å². The van der Waals surface area contributed by atoms with Crippen LogP contribution in [0.5, 0.6) is 0 Å². The Morgan fingerprint density at radius 3 is 2.83 bits per heavy atom. The molecule has 1 rings (SSSR count). The van der Waals surface area contributed by atoms with Gasteiger partial charge in [0.1, 0.15) is 0 Å². The van der Waals surface area contributed by atoms with Crippen LogP contribution in [0.1, 0.15) is 5.56 Å². The Kier molecular flexibility index (Phi) is 2.98. The molecule has 0 heterocycles. The fraction of sp³-hybridized carbons (Fsp3) is 0.143. The van der Waals surface area contributed by atoms with Crippen molar-refractivity contribution in [2.45, 2.75) is 6.92 Å². The number of halogens is 2.